The fraction of sp³-hybridized carbons (Fsp3) is 0.429. The number of piperidine rings is 1. The molecule has 2 N–H and O–H groups in total. The Hall–Kier alpha value is -2.44. The first-order chi connectivity index (χ1) is 13.2. The van der Waals surface area contributed by atoms with E-state index >= 15 is 0 Å². The van der Waals surface area contributed by atoms with Crippen molar-refractivity contribution in [3.63, 3.8) is 0 Å². The molecule has 6 nitrogen and oxygen atoms in total. The van der Waals surface area contributed by atoms with Crippen LogP contribution < -0.4 is 10.2 Å². The minimum atomic E-state index is -0.0282. The van der Waals surface area contributed by atoms with E-state index in [1.165, 1.54) is 5.56 Å². The van der Waals surface area contributed by atoms with E-state index in [9.17, 15) is 4.79 Å². The van der Waals surface area contributed by atoms with Gasteiger partial charge in [0, 0.05) is 56.4 Å². The van der Waals surface area contributed by atoms with Gasteiger partial charge in [0.1, 0.15) is 0 Å². The molecule has 3 rings (SSSR count). The lowest BCUT2D eigenvalue weighted by Gasteiger charge is -2.33. The maximum absolute atomic E-state index is 12.6. The first-order valence-corrected chi connectivity index (χ1v) is 9.50. The van der Waals surface area contributed by atoms with E-state index in [1.807, 2.05) is 48.5 Å². The molecule has 0 saturated carbocycles. The molecule has 1 aromatic heterocycles. The lowest BCUT2D eigenvalue weighted by atomic mass is 10.0. The summed E-state index contributed by atoms with van der Waals surface area (Å²) in [5.41, 5.74) is 2.86. The predicted octanol–water partition coefficient (Wildman–Crippen LogP) is 1.90. The van der Waals surface area contributed by atoms with Crippen LogP contribution in [0.3, 0.4) is 0 Å². The molecule has 1 amide bonds. The van der Waals surface area contributed by atoms with Crippen LogP contribution in [0.2, 0.25) is 0 Å². The largest absolute Gasteiger partial charge is 0.395 e. The Bertz CT molecular complexity index is 721. The van der Waals surface area contributed by atoms with E-state index in [0.29, 0.717) is 12.1 Å². The summed E-state index contributed by atoms with van der Waals surface area (Å²) in [6.07, 6.45) is 5.77. The third kappa shape index (κ3) is 5.52. The van der Waals surface area contributed by atoms with Crippen LogP contribution in [0.5, 0.6) is 0 Å². The van der Waals surface area contributed by atoms with Crippen molar-refractivity contribution in [3.05, 3.63) is 59.9 Å². The first-order valence-electron chi connectivity index (χ1n) is 9.50. The Balaban J connectivity index is 1.54. The molecule has 2 heterocycles. The number of anilines is 1. The zero-order valence-corrected chi connectivity index (χ0v) is 15.8. The fourth-order valence-electron chi connectivity index (χ4n) is 3.48. The second-order valence-electron chi connectivity index (χ2n) is 7.10. The summed E-state index contributed by atoms with van der Waals surface area (Å²) in [5, 5.41) is 12.2. The minimum absolute atomic E-state index is 0.0282. The molecule has 144 valence electrons. The van der Waals surface area contributed by atoms with Crippen LogP contribution in [0.15, 0.2) is 48.8 Å². The fourth-order valence-corrected chi connectivity index (χ4v) is 3.48. The number of aliphatic hydroxyl groups excluding tert-OH is 1. The third-order valence-corrected chi connectivity index (χ3v) is 4.98. The van der Waals surface area contributed by atoms with Crippen molar-refractivity contribution in [1.82, 2.24) is 15.2 Å². The van der Waals surface area contributed by atoms with Crippen molar-refractivity contribution >= 4 is 11.6 Å². The summed E-state index contributed by atoms with van der Waals surface area (Å²) in [4.78, 5) is 21.1. The number of amides is 1. The van der Waals surface area contributed by atoms with Crippen LogP contribution in [0.1, 0.15) is 28.8 Å². The topological polar surface area (TPSA) is 68.7 Å². The summed E-state index contributed by atoms with van der Waals surface area (Å²) < 4.78 is 0. The van der Waals surface area contributed by atoms with Gasteiger partial charge in [-0.1, -0.05) is 6.07 Å². The van der Waals surface area contributed by atoms with Gasteiger partial charge >= 0.3 is 0 Å². The molecule has 6 heteroatoms. The molecule has 0 spiro atoms. The highest BCUT2D eigenvalue weighted by Gasteiger charge is 2.22. The van der Waals surface area contributed by atoms with E-state index in [1.54, 1.807) is 6.20 Å². The van der Waals surface area contributed by atoms with Crippen molar-refractivity contribution in [2.45, 2.75) is 25.4 Å². The molecule has 0 radical (unpaired) electrons. The number of nitrogens with one attached hydrogen (secondary N) is 1. The smallest absolute Gasteiger partial charge is 0.251 e. The van der Waals surface area contributed by atoms with E-state index < -0.39 is 0 Å². The molecule has 1 saturated heterocycles. The van der Waals surface area contributed by atoms with Gasteiger partial charge < -0.3 is 15.3 Å². The third-order valence-electron chi connectivity index (χ3n) is 4.98. The molecule has 1 aromatic carbocycles. The number of aromatic nitrogens is 1. The summed E-state index contributed by atoms with van der Waals surface area (Å²) in [6, 6.07) is 11.7. The Labute approximate surface area is 160 Å². The minimum Gasteiger partial charge on any atom is -0.395 e. The van der Waals surface area contributed by atoms with Gasteiger partial charge in [-0.25, -0.2) is 0 Å². The highest BCUT2D eigenvalue weighted by atomic mass is 16.3. The number of hydrogen-bond acceptors (Lipinski definition) is 5. The van der Waals surface area contributed by atoms with E-state index in [4.69, 9.17) is 5.11 Å². The molecule has 0 bridgehead atoms. The number of nitrogens with zero attached hydrogens (tertiary/aromatic N) is 3. The SMILES string of the molecule is CN(CCO)c1ccc(C(=O)NC2CCCN(Cc3cccnc3)C2)cc1. The van der Waals surface area contributed by atoms with Gasteiger partial charge in [0.15, 0.2) is 0 Å². The molecule has 0 aliphatic carbocycles. The first kappa shape index (κ1) is 19.3. The quantitative estimate of drug-likeness (QED) is 0.781. The predicted molar refractivity (Wildman–Crippen MR) is 107 cm³/mol. The number of hydrogen-bond donors (Lipinski definition) is 2. The van der Waals surface area contributed by atoms with Gasteiger partial charge in [-0.05, 0) is 55.3 Å². The zero-order chi connectivity index (χ0) is 19.1. The summed E-state index contributed by atoms with van der Waals surface area (Å²) >= 11 is 0. The lowest BCUT2D eigenvalue weighted by Crippen LogP contribution is -2.47. The van der Waals surface area contributed by atoms with Crippen molar-refractivity contribution in [2.24, 2.45) is 0 Å². The summed E-state index contributed by atoms with van der Waals surface area (Å²) in [7, 11) is 1.92. The van der Waals surface area contributed by atoms with E-state index in [2.05, 4.69) is 21.3 Å². The lowest BCUT2D eigenvalue weighted by molar-refractivity contribution is 0.0900. The highest BCUT2D eigenvalue weighted by Crippen LogP contribution is 2.16. The number of pyridine rings is 1. The molecular formula is C21H28N4O2. The maximum atomic E-state index is 12.6. The number of benzene rings is 1. The average molecular weight is 368 g/mol. The van der Waals surface area contributed by atoms with Gasteiger partial charge in [-0.15, -0.1) is 0 Å². The van der Waals surface area contributed by atoms with Gasteiger partial charge in [0.25, 0.3) is 5.91 Å². The van der Waals surface area contributed by atoms with E-state index in [-0.39, 0.29) is 18.6 Å². The van der Waals surface area contributed by atoms with Crippen LogP contribution in [0.4, 0.5) is 5.69 Å². The second-order valence-corrected chi connectivity index (χ2v) is 7.10. The normalized spacial score (nSPS) is 17.5. The molecule has 1 fully saturated rings. The monoisotopic (exact) mass is 368 g/mol. The van der Waals surface area contributed by atoms with Gasteiger partial charge in [-0.2, -0.15) is 0 Å². The Morgan fingerprint density at radius 1 is 1.33 bits per heavy atom. The van der Waals surface area contributed by atoms with Crippen molar-refractivity contribution in [3.8, 4) is 0 Å². The number of carbonyl (C=O) groups excluding carboxylic acids is 1. The van der Waals surface area contributed by atoms with Crippen LogP contribution >= 0.6 is 0 Å². The molecule has 27 heavy (non-hydrogen) atoms. The second kappa shape index (κ2) is 9.48. The van der Waals surface area contributed by atoms with Gasteiger partial charge in [0.2, 0.25) is 0 Å². The maximum Gasteiger partial charge on any atom is 0.251 e. The van der Waals surface area contributed by atoms with Crippen molar-refractivity contribution in [2.75, 3.05) is 38.2 Å². The van der Waals surface area contributed by atoms with Gasteiger partial charge in [0.05, 0.1) is 6.61 Å². The van der Waals surface area contributed by atoms with Crippen molar-refractivity contribution < 1.29 is 9.90 Å². The molecule has 1 aliphatic rings. The van der Waals surface area contributed by atoms with Crippen LogP contribution in [0.25, 0.3) is 0 Å². The molecule has 1 atom stereocenters. The zero-order valence-electron chi connectivity index (χ0n) is 15.8. The number of likely N-dealkylation sites (N-methyl/N-ethyl adjacent to an activating group) is 1. The molecule has 2 aromatic rings. The number of aliphatic hydroxyl groups is 1. The average Bonchev–Trinajstić information content (AvgIpc) is 2.69. The summed E-state index contributed by atoms with van der Waals surface area (Å²) in [5.74, 6) is -0.0282. The number of likely N-dealkylation sites (tertiary alicyclic amines) is 1. The molecule has 1 unspecified atom stereocenters. The molecular weight excluding hydrogens is 340 g/mol. The van der Waals surface area contributed by atoms with Crippen LogP contribution in [-0.4, -0.2) is 60.2 Å². The highest BCUT2D eigenvalue weighted by molar-refractivity contribution is 5.94. The summed E-state index contributed by atoms with van der Waals surface area (Å²) in [6.45, 7) is 3.45. The standard InChI is InChI=1S/C21H28N4O2/c1-24(12-13-26)20-8-6-18(7-9-20)21(27)23-19-5-3-11-25(16-19)15-17-4-2-10-22-14-17/h2,4,6-10,14,19,26H,3,5,11-13,15-16H2,1H3,(H,23,27). The van der Waals surface area contributed by atoms with Crippen molar-refractivity contribution in [1.29, 1.82) is 0 Å². The van der Waals surface area contributed by atoms with Crippen LogP contribution in [0, 0.1) is 0 Å². The number of carbonyl (C=O) groups is 1. The Morgan fingerprint density at radius 2 is 2.15 bits per heavy atom. The van der Waals surface area contributed by atoms with Crippen LogP contribution in [-0.2, 0) is 6.54 Å². The Kier molecular flexibility index (Phi) is 6.79. The number of rotatable bonds is 7. The van der Waals surface area contributed by atoms with E-state index in [0.717, 1.165) is 38.2 Å². The van der Waals surface area contributed by atoms with Gasteiger partial charge in [-0.3, -0.25) is 14.7 Å². The molecule has 1 aliphatic heterocycles. The Morgan fingerprint density at radius 3 is 2.85 bits per heavy atom.